The van der Waals surface area contributed by atoms with Crippen LogP contribution in [-0.4, -0.2) is 26.8 Å². The van der Waals surface area contributed by atoms with Crippen molar-refractivity contribution < 1.29 is 14.7 Å². The highest BCUT2D eigenvalue weighted by atomic mass is 16.4. The largest absolute Gasteiger partial charge is 0.481 e. The topological polar surface area (TPSA) is 80.1 Å². The van der Waals surface area contributed by atoms with E-state index in [2.05, 4.69) is 9.97 Å². The van der Waals surface area contributed by atoms with Gasteiger partial charge in [-0.3, -0.25) is 9.59 Å². The smallest absolute Gasteiger partial charge is 0.310 e. The number of ketones is 1. The van der Waals surface area contributed by atoms with Gasteiger partial charge in [-0.15, -0.1) is 0 Å². The number of aliphatic carboxylic acids is 1. The number of carbonyl (C=O) groups is 2. The molecule has 5 heteroatoms. The normalized spacial score (nSPS) is 11.8. The maximum absolute atomic E-state index is 12.0. The monoisotopic (exact) mass is 270 g/mol. The lowest BCUT2D eigenvalue weighted by atomic mass is 10.1. The van der Waals surface area contributed by atoms with Crippen LogP contribution in [0.1, 0.15) is 34.6 Å². The maximum Gasteiger partial charge on any atom is 0.310 e. The molecule has 1 aromatic heterocycles. The number of carboxylic acid groups (broad SMARTS) is 1. The molecule has 0 amide bonds. The molecule has 5 nitrogen and oxygen atoms in total. The minimum absolute atomic E-state index is 0.107. The molecule has 0 spiro atoms. The van der Waals surface area contributed by atoms with E-state index in [4.69, 9.17) is 5.11 Å². The Labute approximate surface area is 116 Å². The van der Waals surface area contributed by atoms with Crippen molar-refractivity contribution in [2.45, 2.75) is 19.3 Å². The zero-order valence-corrected chi connectivity index (χ0v) is 11.0. The molecule has 2 rings (SSSR count). The number of carboxylic acids is 1. The summed E-state index contributed by atoms with van der Waals surface area (Å²) in [6.07, 6.45) is 3.02. The molecular formula is C15H14N2O3. The fourth-order valence-electron chi connectivity index (χ4n) is 1.71. The average molecular weight is 270 g/mol. The van der Waals surface area contributed by atoms with E-state index in [1.807, 2.05) is 30.3 Å². The van der Waals surface area contributed by atoms with Crippen LogP contribution in [0, 0.1) is 0 Å². The Kier molecular flexibility index (Phi) is 4.20. The molecule has 2 aromatic rings. The fourth-order valence-corrected chi connectivity index (χ4v) is 1.71. The molecule has 1 N–H and O–H groups in total. The van der Waals surface area contributed by atoms with Crippen molar-refractivity contribution in [1.82, 2.24) is 9.97 Å². The highest BCUT2D eigenvalue weighted by Gasteiger charge is 2.16. The Morgan fingerprint density at radius 1 is 1.15 bits per heavy atom. The van der Waals surface area contributed by atoms with Crippen LogP contribution in [0.3, 0.4) is 0 Å². The molecule has 0 aliphatic carbocycles. The first-order valence-electron chi connectivity index (χ1n) is 6.20. The van der Waals surface area contributed by atoms with Gasteiger partial charge in [0.15, 0.2) is 5.82 Å². The summed E-state index contributed by atoms with van der Waals surface area (Å²) in [5.41, 5.74) is 1.37. The van der Waals surface area contributed by atoms with E-state index in [9.17, 15) is 9.59 Å². The minimum Gasteiger partial charge on any atom is -0.481 e. The number of hydrogen-bond acceptors (Lipinski definition) is 4. The molecule has 1 unspecified atom stereocenters. The SMILES string of the molecule is CC(C(=O)O)c1cnc(C(=O)Cc2ccccc2)nc1. The van der Waals surface area contributed by atoms with Crippen LogP contribution in [0.15, 0.2) is 42.7 Å². The van der Waals surface area contributed by atoms with Gasteiger partial charge < -0.3 is 5.11 Å². The third kappa shape index (κ3) is 3.26. The van der Waals surface area contributed by atoms with Gasteiger partial charge in [0.25, 0.3) is 0 Å². The molecule has 0 aliphatic rings. The number of nitrogens with zero attached hydrogens (tertiary/aromatic N) is 2. The van der Waals surface area contributed by atoms with Crippen LogP contribution in [0.4, 0.5) is 0 Å². The van der Waals surface area contributed by atoms with Crippen molar-refractivity contribution in [2.75, 3.05) is 0 Å². The summed E-state index contributed by atoms with van der Waals surface area (Å²) in [6, 6.07) is 9.33. The van der Waals surface area contributed by atoms with E-state index in [-0.39, 0.29) is 18.0 Å². The Bertz CT molecular complexity index is 609. The first kappa shape index (κ1) is 13.9. The summed E-state index contributed by atoms with van der Waals surface area (Å²) in [7, 11) is 0. The van der Waals surface area contributed by atoms with Crippen LogP contribution in [0.5, 0.6) is 0 Å². The Morgan fingerprint density at radius 2 is 1.75 bits per heavy atom. The highest BCUT2D eigenvalue weighted by molar-refractivity contribution is 5.94. The van der Waals surface area contributed by atoms with Crippen molar-refractivity contribution in [3.63, 3.8) is 0 Å². The number of hydrogen-bond donors (Lipinski definition) is 1. The molecule has 0 saturated carbocycles. The molecule has 0 bridgehead atoms. The van der Waals surface area contributed by atoms with Crippen molar-refractivity contribution in [2.24, 2.45) is 0 Å². The summed E-state index contributed by atoms with van der Waals surface area (Å²) >= 11 is 0. The number of rotatable bonds is 5. The lowest BCUT2D eigenvalue weighted by molar-refractivity contribution is -0.138. The van der Waals surface area contributed by atoms with E-state index in [0.29, 0.717) is 5.56 Å². The summed E-state index contributed by atoms with van der Waals surface area (Å²) in [5, 5.41) is 8.89. The Balaban J connectivity index is 2.10. The molecular weight excluding hydrogens is 256 g/mol. The summed E-state index contributed by atoms with van der Waals surface area (Å²) < 4.78 is 0. The summed E-state index contributed by atoms with van der Waals surface area (Å²) in [4.78, 5) is 30.7. The molecule has 1 heterocycles. The number of benzene rings is 1. The second-order valence-electron chi connectivity index (χ2n) is 4.49. The zero-order chi connectivity index (χ0) is 14.5. The van der Waals surface area contributed by atoms with Gasteiger partial charge in [0.05, 0.1) is 5.92 Å². The molecule has 0 aliphatic heterocycles. The second kappa shape index (κ2) is 6.06. The van der Waals surface area contributed by atoms with Crippen LogP contribution in [0.2, 0.25) is 0 Å². The number of carbonyl (C=O) groups excluding carboxylic acids is 1. The van der Waals surface area contributed by atoms with Gasteiger partial charge >= 0.3 is 5.97 Å². The predicted octanol–water partition coefficient (Wildman–Crippen LogP) is 2.09. The second-order valence-corrected chi connectivity index (χ2v) is 4.49. The zero-order valence-electron chi connectivity index (χ0n) is 11.0. The van der Waals surface area contributed by atoms with E-state index >= 15 is 0 Å². The molecule has 1 atom stereocenters. The lowest BCUT2D eigenvalue weighted by Gasteiger charge is -2.06. The number of aromatic nitrogens is 2. The van der Waals surface area contributed by atoms with Gasteiger partial charge in [-0.05, 0) is 12.5 Å². The first-order valence-corrected chi connectivity index (χ1v) is 6.20. The van der Waals surface area contributed by atoms with Crippen molar-refractivity contribution in [3.05, 3.63) is 59.7 Å². The summed E-state index contributed by atoms with van der Waals surface area (Å²) in [6.45, 7) is 1.55. The molecule has 0 saturated heterocycles. The maximum atomic E-state index is 12.0. The molecule has 102 valence electrons. The van der Waals surface area contributed by atoms with Gasteiger partial charge in [0.2, 0.25) is 5.78 Å². The van der Waals surface area contributed by atoms with E-state index in [0.717, 1.165) is 5.56 Å². The predicted molar refractivity (Wildman–Crippen MR) is 72.6 cm³/mol. The standard InChI is InChI=1S/C15H14N2O3/c1-10(15(19)20)12-8-16-14(17-9-12)13(18)7-11-5-3-2-4-6-11/h2-6,8-10H,7H2,1H3,(H,19,20). The van der Waals surface area contributed by atoms with Crippen molar-refractivity contribution >= 4 is 11.8 Å². The molecule has 20 heavy (non-hydrogen) atoms. The van der Waals surface area contributed by atoms with E-state index in [1.165, 1.54) is 12.4 Å². The highest BCUT2D eigenvalue weighted by Crippen LogP contribution is 2.13. The van der Waals surface area contributed by atoms with Gasteiger partial charge in [-0.1, -0.05) is 30.3 Å². The minimum atomic E-state index is -0.947. The average Bonchev–Trinajstić information content (AvgIpc) is 2.47. The molecule has 0 radical (unpaired) electrons. The van der Waals surface area contributed by atoms with Gasteiger partial charge in [-0.2, -0.15) is 0 Å². The Morgan fingerprint density at radius 3 is 2.30 bits per heavy atom. The first-order chi connectivity index (χ1) is 9.58. The Hall–Kier alpha value is -2.56. The van der Waals surface area contributed by atoms with Gasteiger partial charge in [-0.25, -0.2) is 9.97 Å². The van der Waals surface area contributed by atoms with Crippen LogP contribution >= 0.6 is 0 Å². The molecule has 0 fully saturated rings. The van der Waals surface area contributed by atoms with Crippen molar-refractivity contribution in [1.29, 1.82) is 0 Å². The van der Waals surface area contributed by atoms with Gasteiger partial charge in [0, 0.05) is 24.4 Å². The fraction of sp³-hybridized carbons (Fsp3) is 0.200. The number of Topliss-reactive ketones (excluding diaryl/α,β-unsaturated/α-hetero) is 1. The molecule has 1 aromatic carbocycles. The quantitative estimate of drug-likeness (QED) is 0.841. The summed E-state index contributed by atoms with van der Waals surface area (Å²) in [5.74, 6) is -1.72. The van der Waals surface area contributed by atoms with Gasteiger partial charge in [0.1, 0.15) is 0 Å². The van der Waals surface area contributed by atoms with Crippen molar-refractivity contribution in [3.8, 4) is 0 Å². The van der Waals surface area contributed by atoms with Crippen LogP contribution in [-0.2, 0) is 11.2 Å². The van der Waals surface area contributed by atoms with Crippen LogP contribution < -0.4 is 0 Å². The van der Waals surface area contributed by atoms with Crippen LogP contribution in [0.25, 0.3) is 0 Å². The third-order valence-electron chi connectivity index (χ3n) is 3.00. The van der Waals surface area contributed by atoms with E-state index in [1.54, 1.807) is 6.92 Å². The third-order valence-corrected chi connectivity index (χ3v) is 3.00. The van der Waals surface area contributed by atoms with E-state index < -0.39 is 11.9 Å². The lowest BCUT2D eigenvalue weighted by Crippen LogP contribution is -2.12.